The fraction of sp³-hybridized carbons (Fsp3) is 0.896. The normalized spacial score (nSPS) is 19.8. The van der Waals surface area contributed by atoms with Gasteiger partial charge in [-0.25, -0.2) is 0 Å². The smallest absolute Gasteiger partial charge is 0.305 e. The number of unbranched alkanes of at least 4 members (excludes halogenated alkanes) is 20. The van der Waals surface area contributed by atoms with Crippen molar-refractivity contribution in [3.8, 4) is 0 Å². The summed E-state index contributed by atoms with van der Waals surface area (Å²) < 4.78 is 10.3. The highest BCUT2D eigenvalue weighted by Crippen LogP contribution is 2.36. The van der Waals surface area contributed by atoms with Crippen molar-refractivity contribution in [2.45, 2.75) is 244 Å². The Balaban J connectivity index is 1.96. The Morgan fingerprint density at radius 1 is 0.596 bits per heavy atom. The highest BCUT2D eigenvalue weighted by molar-refractivity contribution is 5.79. The van der Waals surface area contributed by atoms with E-state index in [4.69, 9.17) is 9.47 Å². The van der Waals surface area contributed by atoms with E-state index in [2.05, 4.69) is 20.8 Å². The van der Waals surface area contributed by atoms with Crippen molar-refractivity contribution in [3.05, 3.63) is 12.2 Å². The van der Waals surface area contributed by atoms with E-state index in [1.807, 2.05) is 0 Å². The van der Waals surface area contributed by atoms with Crippen molar-refractivity contribution in [2.24, 2.45) is 17.8 Å². The molecule has 0 aromatic heterocycles. The number of ketones is 1. The third-order valence-corrected chi connectivity index (χ3v) is 12.0. The minimum absolute atomic E-state index is 0.0407. The van der Waals surface area contributed by atoms with Crippen LogP contribution in [0.1, 0.15) is 220 Å². The SMILES string of the molecule is CCCCC[C@H](O)/C=C/[C@@H]1[C@@H](CC(=O)CCCCC(=O)OC[C@@H](O)COC(=O)CCCCCCCCCCCCCCCCCCCCC(C)CC)[C@@H](O)C[C@H]1O. The van der Waals surface area contributed by atoms with Crippen molar-refractivity contribution >= 4 is 17.7 Å². The van der Waals surface area contributed by atoms with Crippen molar-refractivity contribution in [1.82, 2.24) is 0 Å². The average molecular weight is 809 g/mol. The zero-order valence-electron chi connectivity index (χ0n) is 36.9. The molecule has 0 bridgehead atoms. The maximum atomic E-state index is 12.7. The molecule has 1 saturated carbocycles. The number of aliphatic hydroxyl groups excluding tert-OH is 4. The first-order chi connectivity index (χ1) is 27.6. The molecule has 1 aliphatic rings. The second kappa shape index (κ2) is 36.1. The maximum absolute atomic E-state index is 12.7. The molecule has 0 amide bonds. The second-order valence-corrected chi connectivity index (χ2v) is 17.4. The van der Waals surface area contributed by atoms with Gasteiger partial charge >= 0.3 is 11.9 Å². The van der Waals surface area contributed by atoms with Crippen LogP contribution in [0.4, 0.5) is 0 Å². The van der Waals surface area contributed by atoms with E-state index in [0.717, 1.165) is 44.4 Å². The van der Waals surface area contributed by atoms with Crippen molar-refractivity contribution in [1.29, 1.82) is 0 Å². The fourth-order valence-electron chi connectivity index (χ4n) is 7.94. The summed E-state index contributed by atoms with van der Waals surface area (Å²) in [5.74, 6) is -0.763. The fourth-order valence-corrected chi connectivity index (χ4v) is 7.94. The minimum atomic E-state index is -1.09. The Kier molecular flexibility index (Phi) is 33.7. The van der Waals surface area contributed by atoms with Gasteiger partial charge in [-0.15, -0.1) is 0 Å². The molecule has 1 fully saturated rings. The van der Waals surface area contributed by atoms with Gasteiger partial charge < -0.3 is 29.9 Å². The van der Waals surface area contributed by atoms with Crippen LogP contribution >= 0.6 is 0 Å². The number of hydrogen-bond acceptors (Lipinski definition) is 9. The first-order valence-corrected chi connectivity index (χ1v) is 23.8. The van der Waals surface area contributed by atoms with Crippen LogP contribution in [0.2, 0.25) is 0 Å². The molecule has 7 atom stereocenters. The zero-order chi connectivity index (χ0) is 41.9. The second-order valence-electron chi connectivity index (χ2n) is 17.4. The number of rotatable bonds is 39. The lowest BCUT2D eigenvalue weighted by atomic mass is 9.87. The van der Waals surface area contributed by atoms with Gasteiger partial charge in [0.1, 0.15) is 25.1 Å². The molecule has 0 aliphatic heterocycles. The summed E-state index contributed by atoms with van der Waals surface area (Å²) in [7, 11) is 0. The average Bonchev–Trinajstić information content (AvgIpc) is 3.46. The van der Waals surface area contributed by atoms with Gasteiger partial charge in [-0.3, -0.25) is 14.4 Å². The molecular formula is C48H88O9. The van der Waals surface area contributed by atoms with E-state index < -0.39 is 36.3 Å². The lowest BCUT2D eigenvalue weighted by molar-refractivity contribution is -0.152. The maximum Gasteiger partial charge on any atom is 0.305 e. The Labute approximate surface area is 348 Å². The Morgan fingerprint density at radius 2 is 1.04 bits per heavy atom. The van der Waals surface area contributed by atoms with E-state index in [9.17, 15) is 34.8 Å². The van der Waals surface area contributed by atoms with Crippen LogP contribution < -0.4 is 0 Å². The lowest BCUT2D eigenvalue weighted by Gasteiger charge is -2.20. The number of ether oxygens (including phenoxy) is 2. The van der Waals surface area contributed by atoms with Gasteiger partial charge in [-0.2, -0.15) is 0 Å². The van der Waals surface area contributed by atoms with Crippen molar-refractivity contribution in [2.75, 3.05) is 13.2 Å². The highest BCUT2D eigenvalue weighted by Gasteiger charge is 2.41. The first-order valence-electron chi connectivity index (χ1n) is 23.8. The zero-order valence-corrected chi connectivity index (χ0v) is 36.9. The van der Waals surface area contributed by atoms with E-state index in [1.54, 1.807) is 12.2 Å². The van der Waals surface area contributed by atoms with E-state index in [-0.39, 0.29) is 56.6 Å². The Hall–Kier alpha value is -1.81. The van der Waals surface area contributed by atoms with Gasteiger partial charge in [0.25, 0.3) is 0 Å². The molecular weight excluding hydrogens is 721 g/mol. The number of hydrogen-bond donors (Lipinski definition) is 4. The number of esters is 2. The highest BCUT2D eigenvalue weighted by atomic mass is 16.6. The Morgan fingerprint density at radius 3 is 1.53 bits per heavy atom. The van der Waals surface area contributed by atoms with Crippen LogP contribution in [0, 0.1) is 17.8 Å². The third-order valence-electron chi connectivity index (χ3n) is 12.0. The quantitative estimate of drug-likeness (QED) is 0.0270. The van der Waals surface area contributed by atoms with Gasteiger partial charge in [0.2, 0.25) is 0 Å². The predicted octanol–water partition coefficient (Wildman–Crippen LogP) is 10.7. The van der Waals surface area contributed by atoms with Crippen LogP contribution in [0.3, 0.4) is 0 Å². The Bertz CT molecular complexity index is 1020. The topological polar surface area (TPSA) is 151 Å². The van der Waals surface area contributed by atoms with Crippen LogP contribution in [-0.2, 0) is 23.9 Å². The van der Waals surface area contributed by atoms with E-state index in [0.29, 0.717) is 25.7 Å². The summed E-state index contributed by atoms with van der Waals surface area (Å²) in [6.07, 6.45) is 31.9. The van der Waals surface area contributed by atoms with Gasteiger partial charge in [0.05, 0.1) is 18.3 Å². The number of aliphatic hydroxyl groups is 4. The molecule has 334 valence electrons. The van der Waals surface area contributed by atoms with Crippen LogP contribution in [0.15, 0.2) is 12.2 Å². The van der Waals surface area contributed by atoms with Crippen LogP contribution in [0.5, 0.6) is 0 Å². The molecule has 0 spiro atoms. The molecule has 0 saturated heterocycles. The van der Waals surface area contributed by atoms with Crippen LogP contribution in [-0.4, -0.2) is 75.8 Å². The molecule has 57 heavy (non-hydrogen) atoms. The standard InChI is InChI=1S/C48H88O9/c1-4-6-23-29-40(49)33-34-43-44(46(53)36-45(43)52)35-41(50)30-26-27-32-48(55)57-38-42(51)37-56-47(54)31-25-22-20-18-16-14-12-10-8-7-9-11-13-15-17-19-21-24-28-39(3)5-2/h33-34,39-40,42-46,49,51-53H,4-32,35-38H2,1-3H3/b34-33+/t39?,40-,42-,43+,44+,45+,46-/m0/s1. The van der Waals surface area contributed by atoms with Crippen molar-refractivity contribution in [3.63, 3.8) is 0 Å². The molecule has 0 radical (unpaired) electrons. The van der Waals surface area contributed by atoms with Gasteiger partial charge in [0.15, 0.2) is 0 Å². The minimum Gasteiger partial charge on any atom is -0.463 e. The molecule has 1 rings (SSSR count). The molecule has 0 heterocycles. The number of carbonyl (C=O) groups excluding carboxylic acids is 3. The summed E-state index contributed by atoms with van der Waals surface area (Å²) in [5.41, 5.74) is 0. The molecule has 9 nitrogen and oxygen atoms in total. The summed E-state index contributed by atoms with van der Waals surface area (Å²) in [6, 6.07) is 0. The van der Waals surface area contributed by atoms with E-state index in [1.165, 1.54) is 109 Å². The largest absolute Gasteiger partial charge is 0.463 e. The molecule has 1 unspecified atom stereocenters. The molecule has 0 aromatic carbocycles. The van der Waals surface area contributed by atoms with Crippen molar-refractivity contribution < 1.29 is 44.3 Å². The van der Waals surface area contributed by atoms with Gasteiger partial charge in [0, 0.05) is 43.9 Å². The molecule has 0 aromatic rings. The third kappa shape index (κ3) is 30.0. The summed E-state index contributed by atoms with van der Waals surface area (Å²) >= 11 is 0. The predicted molar refractivity (Wildman–Crippen MR) is 231 cm³/mol. The first kappa shape index (κ1) is 53.2. The summed E-state index contributed by atoms with van der Waals surface area (Å²) in [4.78, 5) is 36.9. The molecule has 4 N–H and O–H groups in total. The van der Waals surface area contributed by atoms with Gasteiger partial charge in [-0.1, -0.05) is 174 Å². The molecule has 1 aliphatic carbocycles. The number of Topliss-reactive ketones (excluding diaryl/α,β-unsaturated/α-hetero) is 1. The molecule has 9 heteroatoms. The lowest BCUT2D eigenvalue weighted by Crippen LogP contribution is -2.25. The van der Waals surface area contributed by atoms with Crippen LogP contribution in [0.25, 0.3) is 0 Å². The summed E-state index contributed by atoms with van der Waals surface area (Å²) in [6.45, 7) is 6.30. The monoisotopic (exact) mass is 809 g/mol. The summed E-state index contributed by atoms with van der Waals surface area (Å²) in [5, 5.41) is 41.2. The number of carbonyl (C=O) groups is 3. The van der Waals surface area contributed by atoms with Gasteiger partial charge in [-0.05, 0) is 31.6 Å². The van der Waals surface area contributed by atoms with E-state index >= 15 is 0 Å².